The number of nitrogens with one attached hydrogen (secondary N) is 1. The van der Waals surface area contributed by atoms with E-state index in [2.05, 4.69) is 5.32 Å². The molecule has 0 spiro atoms. The largest absolute Gasteiger partial charge is 0.478 e. The lowest BCUT2D eigenvalue weighted by Gasteiger charge is -2.14. The molecule has 19 heavy (non-hydrogen) atoms. The first-order chi connectivity index (χ1) is 8.99. The predicted octanol–water partition coefficient (Wildman–Crippen LogP) is 0.436. The zero-order chi connectivity index (χ0) is 14.0. The summed E-state index contributed by atoms with van der Waals surface area (Å²) in [4.78, 5) is 22.7. The first-order valence-corrected chi connectivity index (χ1v) is 5.66. The van der Waals surface area contributed by atoms with Crippen LogP contribution < -0.4 is 11.1 Å². The summed E-state index contributed by atoms with van der Waals surface area (Å²) in [6.07, 6.45) is 0. The van der Waals surface area contributed by atoms with Crippen LogP contribution in [0.15, 0.2) is 18.2 Å². The van der Waals surface area contributed by atoms with Gasteiger partial charge < -0.3 is 20.9 Å². The van der Waals surface area contributed by atoms with Crippen LogP contribution >= 0.6 is 0 Å². The van der Waals surface area contributed by atoms with Gasteiger partial charge in [-0.05, 0) is 18.2 Å². The van der Waals surface area contributed by atoms with Crippen LogP contribution in [0.1, 0.15) is 10.4 Å². The molecule has 1 aliphatic rings. The van der Waals surface area contributed by atoms with E-state index in [1.165, 1.54) is 0 Å². The van der Waals surface area contributed by atoms with Crippen molar-refractivity contribution in [2.75, 3.05) is 18.5 Å². The molecule has 0 aliphatic carbocycles. The Balaban J connectivity index is 2.16. The lowest BCUT2D eigenvalue weighted by atomic mass is 10.0. The topological polar surface area (TPSA) is 102 Å². The van der Waals surface area contributed by atoms with E-state index >= 15 is 0 Å². The number of anilines is 1. The fraction of sp³-hybridized carbons (Fsp3) is 0.333. The first kappa shape index (κ1) is 13.4. The van der Waals surface area contributed by atoms with Gasteiger partial charge in [0.2, 0.25) is 5.91 Å². The van der Waals surface area contributed by atoms with Crippen LogP contribution in [0.5, 0.6) is 0 Å². The highest BCUT2D eigenvalue weighted by molar-refractivity contribution is 5.95. The van der Waals surface area contributed by atoms with Crippen molar-refractivity contribution in [1.82, 2.24) is 0 Å². The van der Waals surface area contributed by atoms with E-state index in [0.717, 1.165) is 18.2 Å². The molecule has 0 aromatic heterocycles. The summed E-state index contributed by atoms with van der Waals surface area (Å²) in [6, 6.07) is 2.74. The van der Waals surface area contributed by atoms with Gasteiger partial charge in [-0.15, -0.1) is 0 Å². The lowest BCUT2D eigenvalue weighted by molar-refractivity contribution is -0.120. The van der Waals surface area contributed by atoms with E-state index in [1.54, 1.807) is 0 Å². The number of carboxylic acids is 1. The van der Waals surface area contributed by atoms with Crippen molar-refractivity contribution in [2.45, 2.75) is 6.04 Å². The second-order valence-corrected chi connectivity index (χ2v) is 4.30. The number of hydrogen-bond donors (Lipinski definition) is 3. The molecule has 1 aromatic carbocycles. The number of hydrogen-bond acceptors (Lipinski definition) is 4. The monoisotopic (exact) mass is 268 g/mol. The van der Waals surface area contributed by atoms with E-state index in [1.807, 2.05) is 0 Å². The molecular formula is C12H13FN2O4. The van der Waals surface area contributed by atoms with Crippen molar-refractivity contribution in [2.24, 2.45) is 11.7 Å². The van der Waals surface area contributed by atoms with E-state index in [4.69, 9.17) is 15.6 Å². The highest BCUT2D eigenvalue weighted by atomic mass is 19.1. The molecule has 4 N–H and O–H groups in total. The van der Waals surface area contributed by atoms with Crippen LogP contribution in [0.2, 0.25) is 0 Å². The van der Waals surface area contributed by atoms with Crippen LogP contribution in [0.25, 0.3) is 0 Å². The molecule has 7 heteroatoms. The summed E-state index contributed by atoms with van der Waals surface area (Å²) in [5.74, 6) is -2.94. The second-order valence-electron chi connectivity index (χ2n) is 4.30. The normalized spacial score (nSPS) is 22.2. The molecule has 2 rings (SSSR count). The summed E-state index contributed by atoms with van der Waals surface area (Å²) < 4.78 is 18.6. The third-order valence-corrected chi connectivity index (χ3v) is 2.93. The summed E-state index contributed by atoms with van der Waals surface area (Å²) in [7, 11) is 0. The summed E-state index contributed by atoms with van der Waals surface area (Å²) in [6.45, 7) is 0.447. The Morgan fingerprint density at radius 3 is 2.74 bits per heavy atom. The Kier molecular flexibility index (Phi) is 3.77. The van der Waals surface area contributed by atoms with Gasteiger partial charge in [-0.3, -0.25) is 4.79 Å². The maximum absolute atomic E-state index is 13.5. The molecule has 0 radical (unpaired) electrons. The predicted molar refractivity (Wildman–Crippen MR) is 64.3 cm³/mol. The average molecular weight is 268 g/mol. The summed E-state index contributed by atoms with van der Waals surface area (Å²) >= 11 is 0. The minimum Gasteiger partial charge on any atom is -0.478 e. The van der Waals surface area contributed by atoms with E-state index in [-0.39, 0.29) is 24.5 Å². The Morgan fingerprint density at radius 1 is 1.42 bits per heavy atom. The van der Waals surface area contributed by atoms with Crippen molar-refractivity contribution >= 4 is 17.6 Å². The SMILES string of the molecule is NC1COCC1C(=O)Nc1cc(C(=O)O)ccc1F. The van der Waals surface area contributed by atoms with Gasteiger partial charge in [0.15, 0.2) is 0 Å². The maximum atomic E-state index is 13.5. The highest BCUT2D eigenvalue weighted by Gasteiger charge is 2.31. The summed E-state index contributed by atoms with van der Waals surface area (Å²) in [5.41, 5.74) is 5.39. The number of amides is 1. The maximum Gasteiger partial charge on any atom is 0.335 e. The third-order valence-electron chi connectivity index (χ3n) is 2.93. The van der Waals surface area contributed by atoms with Crippen LogP contribution in [0, 0.1) is 11.7 Å². The molecule has 102 valence electrons. The fourth-order valence-electron chi connectivity index (χ4n) is 1.82. The van der Waals surface area contributed by atoms with E-state index in [9.17, 15) is 14.0 Å². The van der Waals surface area contributed by atoms with Gasteiger partial charge in [0.1, 0.15) is 5.82 Å². The van der Waals surface area contributed by atoms with Crippen LogP contribution in [0.4, 0.5) is 10.1 Å². The molecular weight excluding hydrogens is 255 g/mol. The molecule has 1 aliphatic heterocycles. The van der Waals surface area contributed by atoms with Gasteiger partial charge in [-0.25, -0.2) is 9.18 Å². The molecule has 1 heterocycles. The molecule has 2 unspecified atom stereocenters. The van der Waals surface area contributed by atoms with Crippen molar-refractivity contribution in [1.29, 1.82) is 0 Å². The van der Waals surface area contributed by atoms with Gasteiger partial charge in [0.05, 0.1) is 30.4 Å². The zero-order valence-corrected chi connectivity index (χ0v) is 9.93. The Morgan fingerprint density at radius 2 is 2.16 bits per heavy atom. The number of halogens is 1. The summed E-state index contributed by atoms with van der Waals surface area (Å²) in [5, 5.41) is 11.2. The fourth-order valence-corrected chi connectivity index (χ4v) is 1.82. The molecule has 1 fully saturated rings. The van der Waals surface area contributed by atoms with Gasteiger partial charge in [-0.1, -0.05) is 0 Å². The number of carbonyl (C=O) groups excluding carboxylic acids is 1. The van der Waals surface area contributed by atoms with Crippen molar-refractivity contribution in [3.63, 3.8) is 0 Å². The highest BCUT2D eigenvalue weighted by Crippen LogP contribution is 2.19. The van der Waals surface area contributed by atoms with Crippen molar-refractivity contribution in [3.8, 4) is 0 Å². The molecule has 0 saturated carbocycles. The van der Waals surface area contributed by atoms with Crippen LogP contribution in [0.3, 0.4) is 0 Å². The quantitative estimate of drug-likeness (QED) is 0.738. The Bertz CT molecular complexity index is 520. The molecule has 6 nitrogen and oxygen atoms in total. The lowest BCUT2D eigenvalue weighted by Crippen LogP contribution is -2.37. The zero-order valence-electron chi connectivity index (χ0n) is 9.93. The van der Waals surface area contributed by atoms with Crippen LogP contribution in [-0.2, 0) is 9.53 Å². The number of rotatable bonds is 3. The van der Waals surface area contributed by atoms with E-state index < -0.39 is 29.7 Å². The minimum absolute atomic E-state index is 0.108. The average Bonchev–Trinajstić information content (AvgIpc) is 2.78. The number of carbonyl (C=O) groups is 2. The third kappa shape index (κ3) is 2.88. The van der Waals surface area contributed by atoms with Gasteiger partial charge >= 0.3 is 5.97 Å². The standard InChI is InChI=1S/C12H13FN2O4/c13-8-2-1-6(12(17)18)3-10(8)15-11(16)7-4-19-5-9(7)14/h1-3,7,9H,4-5,14H2,(H,15,16)(H,17,18). The molecule has 1 aromatic rings. The van der Waals surface area contributed by atoms with Gasteiger partial charge in [0, 0.05) is 6.04 Å². The molecule has 1 amide bonds. The Hall–Kier alpha value is -1.99. The smallest absolute Gasteiger partial charge is 0.335 e. The molecule has 2 atom stereocenters. The number of nitrogens with two attached hydrogens (primary N) is 1. The van der Waals surface area contributed by atoms with Crippen molar-refractivity contribution in [3.05, 3.63) is 29.6 Å². The second kappa shape index (κ2) is 5.33. The minimum atomic E-state index is -1.20. The number of carboxylic acid groups (broad SMARTS) is 1. The number of benzene rings is 1. The van der Waals surface area contributed by atoms with Crippen LogP contribution in [-0.4, -0.2) is 36.2 Å². The van der Waals surface area contributed by atoms with E-state index in [0.29, 0.717) is 0 Å². The number of aromatic carboxylic acids is 1. The molecule has 0 bridgehead atoms. The Labute approximate surface area is 108 Å². The first-order valence-electron chi connectivity index (χ1n) is 5.66. The van der Waals surface area contributed by atoms with Gasteiger partial charge in [-0.2, -0.15) is 0 Å². The molecule has 1 saturated heterocycles. The number of ether oxygens (including phenoxy) is 1. The van der Waals surface area contributed by atoms with Gasteiger partial charge in [0.25, 0.3) is 0 Å². The van der Waals surface area contributed by atoms with Crippen molar-refractivity contribution < 1.29 is 23.8 Å².